The maximum Gasteiger partial charge on any atom is 0.328 e. The second-order valence-corrected chi connectivity index (χ2v) is 5.13. The first kappa shape index (κ1) is 16.6. The maximum atomic E-state index is 12.0. The molecule has 124 valence electrons. The fourth-order valence-corrected chi connectivity index (χ4v) is 2.03. The number of amides is 2. The molecule has 0 aliphatic heterocycles. The fraction of sp³-hybridized carbons (Fsp3) is 0.462. The van der Waals surface area contributed by atoms with E-state index in [-0.39, 0.29) is 11.9 Å². The number of aromatic amines is 1. The largest absolute Gasteiger partial charge is 0.480 e. The third-order valence-electron chi connectivity index (χ3n) is 2.96. The van der Waals surface area contributed by atoms with Crippen LogP contribution in [-0.4, -0.2) is 55.3 Å². The van der Waals surface area contributed by atoms with Crippen LogP contribution in [0.3, 0.4) is 0 Å². The van der Waals surface area contributed by atoms with Crippen LogP contribution in [0.2, 0.25) is 0 Å². The zero-order chi connectivity index (χ0) is 17.0. The van der Waals surface area contributed by atoms with Crippen molar-refractivity contribution in [3.05, 3.63) is 12.7 Å². The molecule has 2 heterocycles. The normalized spacial score (nSPS) is 13.7. The highest BCUT2D eigenvalue weighted by molar-refractivity contribution is 5.97. The average molecular weight is 322 g/mol. The molecule has 1 unspecified atom stereocenters. The molecule has 4 N–H and O–H groups in total. The highest BCUT2D eigenvalue weighted by Gasteiger charge is 2.28. The molecule has 0 aliphatic carbocycles. The van der Waals surface area contributed by atoms with E-state index in [1.165, 1.54) is 12.7 Å². The minimum absolute atomic E-state index is 0.164. The van der Waals surface area contributed by atoms with Gasteiger partial charge in [0.25, 0.3) is 0 Å². The third-order valence-corrected chi connectivity index (χ3v) is 2.96. The van der Waals surface area contributed by atoms with E-state index in [0.717, 1.165) is 0 Å². The predicted octanol–water partition coefficient (Wildman–Crippen LogP) is 0.741. The van der Waals surface area contributed by atoms with Crippen LogP contribution in [0.15, 0.2) is 12.7 Å². The Morgan fingerprint density at radius 1 is 1.26 bits per heavy atom. The molecule has 0 spiro atoms. The number of imidazole rings is 1. The van der Waals surface area contributed by atoms with Crippen molar-refractivity contribution >= 4 is 29.0 Å². The van der Waals surface area contributed by atoms with Gasteiger partial charge >= 0.3 is 12.0 Å². The van der Waals surface area contributed by atoms with E-state index >= 15 is 0 Å². The van der Waals surface area contributed by atoms with Crippen LogP contribution in [0, 0.1) is 0 Å². The lowest BCUT2D eigenvalue weighted by atomic mass is 10.2. The molecule has 0 saturated heterocycles. The summed E-state index contributed by atoms with van der Waals surface area (Å²) in [5.74, 6) is -0.991. The quantitative estimate of drug-likeness (QED) is 0.614. The average Bonchev–Trinajstić information content (AvgIpc) is 2.93. The van der Waals surface area contributed by atoms with E-state index in [0.29, 0.717) is 11.2 Å². The highest BCUT2D eigenvalue weighted by atomic mass is 16.5. The van der Waals surface area contributed by atoms with E-state index < -0.39 is 24.1 Å². The molecule has 0 bridgehead atoms. The Morgan fingerprint density at radius 2 is 2.00 bits per heavy atom. The van der Waals surface area contributed by atoms with Crippen LogP contribution in [0.5, 0.6) is 0 Å². The first-order valence-corrected chi connectivity index (χ1v) is 6.98. The lowest BCUT2D eigenvalue weighted by Gasteiger charge is -2.23. The topological polar surface area (TPSA) is 142 Å². The zero-order valence-corrected chi connectivity index (χ0v) is 12.9. The highest BCUT2D eigenvalue weighted by Crippen LogP contribution is 2.14. The van der Waals surface area contributed by atoms with Gasteiger partial charge in [0.2, 0.25) is 0 Å². The fourth-order valence-electron chi connectivity index (χ4n) is 2.03. The van der Waals surface area contributed by atoms with Crippen molar-refractivity contribution in [1.82, 2.24) is 25.3 Å². The first-order chi connectivity index (χ1) is 10.9. The van der Waals surface area contributed by atoms with Gasteiger partial charge in [-0.1, -0.05) is 0 Å². The first-order valence-electron chi connectivity index (χ1n) is 6.98. The smallest absolute Gasteiger partial charge is 0.328 e. The Kier molecular flexibility index (Phi) is 5.06. The number of nitrogens with zero attached hydrogens (tertiary/aromatic N) is 3. The number of fused-ring (bicyclic) bond motifs is 1. The van der Waals surface area contributed by atoms with Gasteiger partial charge < -0.3 is 20.1 Å². The number of carbonyl (C=O) groups excluding carboxylic acids is 1. The summed E-state index contributed by atoms with van der Waals surface area (Å²) in [5.41, 5.74) is 0.836. The number of anilines is 1. The Bertz CT molecular complexity index is 701. The van der Waals surface area contributed by atoms with Crippen LogP contribution in [0.4, 0.5) is 10.6 Å². The van der Waals surface area contributed by atoms with Gasteiger partial charge in [0, 0.05) is 0 Å². The second kappa shape index (κ2) is 7.01. The molecule has 2 aromatic heterocycles. The number of ether oxygens (including phenoxy) is 1. The number of aliphatic carboxylic acids is 1. The van der Waals surface area contributed by atoms with E-state index in [1.54, 1.807) is 20.8 Å². The molecule has 0 fully saturated rings. The molecular formula is C13H18N6O4. The van der Waals surface area contributed by atoms with Gasteiger partial charge in [-0.25, -0.2) is 24.5 Å². The number of hydrogen-bond donors (Lipinski definition) is 4. The van der Waals surface area contributed by atoms with Crippen molar-refractivity contribution in [2.24, 2.45) is 0 Å². The lowest BCUT2D eigenvalue weighted by molar-refractivity contribution is -0.143. The molecule has 10 heteroatoms. The summed E-state index contributed by atoms with van der Waals surface area (Å²) in [6.07, 6.45) is 1.80. The van der Waals surface area contributed by atoms with Gasteiger partial charge in [-0.05, 0) is 20.8 Å². The Labute approximate surface area is 131 Å². The van der Waals surface area contributed by atoms with Gasteiger partial charge in [0.15, 0.2) is 17.5 Å². The number of carbonyl (C=O) groups is 2. The van der Waals surface area contributed by atoms with Crippen LogP contribution in [-0.2, 0) is 9.53 Å². The van der Waals surface area contributed by atoms with Gasteiger partial charge in [0.1, 0.15) is 11.8 Å². The minimum Gasteiger partial charge on any atom is -0.480 e. The molecule has 0 aromatic carbocycles. The van der Waals surface area contributed by atoms with Gasteiger partial charge in [-0.3, -0.25) is 5.32 Å². The van der Waals surface area contributed by atoms with Crippen molar-refractivity contribution in [1.29, 1.82) is 0 Å². The van der Waals surface area contributed by atoms with Crippen molar-refractivity contribution in [3.63, 3.8) is 0 Å². The number of H-pyrrole nitrogens is 1. The van der Waals surface area contributed by atoms with Gasteiger partial charge in [-0.2, -0.15) is 0 Å². The van der Waals surface area contributed by atoms with Gasteiger partial charge in [0.05, 0.1) is 18.5 Å². The van der Waals surface area contributed by atoms with Gasteiger partial charge in [-0.15, -0.1) is 0 Å². The van der Waals surface area contributed by atoms with Crippen molar-refractivity contribution in [2.45, 2.75) is 39.0 Å². The summed E-state index contributed by atoms with van der Waals surface area (Å²) in [6.45, 7) is 5.15. The van der Waals surface area contributed by atoms with Crippen molar-refractivity contribution in [2.75, 3.05) is 5.32 Å². The Balaban J connectivity index is 2.07. The van der Waals surface area contributed by atoms with Crippen LogP contribution < -0.4 is 10.6 Å². The van der Waals surface area contributed by atoms with Crippen LogP contribution >= 0.6 is 0 Å². The predicted molar refractivity (Wildman–Crippen MR) is 80.9 cm³/mol. The second-order valence-electron chi connectivity index (χ2n) is 5.13. The van der Waals surface area contributed by atoms with Crippen LogP contribution in [0.25, 0.3) is 11.2 Å². The summed E-state index contributed by atoms with van der Waals surface area (Å²) in [7, 11) is 0. The number of rotatable bonds is 6. The van der Waals surface area contributed by atoms with Crippen LogP contribution in [0.1, 0.15) is 20.8 Å². The molecule has 10 nitrogen and oxygen atoms in total. The zero-order valence-electron chi connectivity index (χ0n) is 12.9. The number of carboxylic acid groups (broad SMARTS) is 1. The molecule has 2 amide bonds. The molecule has 0 saturated carbocycles. The monoisotopic (exact) mass is 322 g/mol. The maximum absolute atomic E-state index is 12.0. The molecule has 2 rings (SSSR count). The Morgan fingerprint density at radius 3 is 2.65 bits per heavy atom. The summed E-state index contributed by atoms with van der Waals surface area (Å²) in [5, 5.41) is 14.1. The summed E-state index contributed by atoms with van der Waals surface area (Å²) in [6, 6.07) is -1.91. The van der Waals surface area contributed by atoms with E-state index in [4.69, 9.17) is 4.74 Å². The standard InChI is InChI=1S/C13H18N6O4/c1-6(2)23-7(3)8(12(20)21)18-13(22)19-11-9-10(15-4-14-9)16-5-17-11/h4-8H,1-3H3,(H,20,21)(H3,14,15,16,17,18,19,22)/t7-,8?/m1/s1. The molecule has 0 aliphatic rings. The van der Waals surface area contributed by atoms with E-state index in [9.17, 15) is 14.7 Å². The number of urea groups is 1. The van der Waals surface area contributed by atoms with E-state index in [2.05, 4.69) is 30.6 Å². The molecular weight excluding hydrogens is 304 g/mol. The number of carboxylic acids is 1. The van der Waals surface area contributed by atoms with Crippen molar-refractivity contribution in [3.8, 4) is 0 Å². The number of hydrogen-bond acceptors (Lipinski definition) is 6. The SMILES string of the molecule is CC(C)O[C@H](C)C(NC(=O)Nc1ncnc2nc[nH]c12)C(=O)O. The summed E-state index contributed by atoms with van der Waals surface area (Å²) >= 11 is 0. The minimum atomic E-state index is -1.20. The number of aromatic nitrogens is 4. The van der Waals surface area contributed by atoms with E-state index in [1.807, 2.05) is 0 Å². The molecule has 2 aromatic rings. The summed E-state index contributed by atoms with van der Waals surface area (Å²) < 4.78 is 5.42. The molecule has 23 heavy (non-hydrogen) atoms. The molecule has 0 radical (unpaired) electrons. The lowest BCUT2D eigenvalue weighted by Crippen LogP contribution is -2.50. The van der Waals surface area contributed by atoms with Crippen molar-refractivity contribution < 1.29 is 19.4 Å². The Hall–Kier alpha value is -2.75. The number of nitrogens with one attached hydrogen (secondary N) is 3. The third kappa shape index (κ3) is 4.13. The summed E-state index contributed by atoms with van der Waals surface area (Å²) in [4.78, 5) is 38.0. The molecule has 2 atom stereocenters.